The standard InChI is InChI=1S/C21H25FN4O3/c1-21(2,3)19(20(23)29)26(15-9-5-4-8-14(15)22)18(28)12-11-17(27)25-16-10-6-7-13-24-16/h4-10,13,19H,11-12H2,1-3H3,(H2,23,29)(H,24,25,27). The van der Waals surface area contributed by atoms with Gasteiger partial charge in [0.25, 0.3) is 0 Å². The quantitative estimate of drug-likeness (QED) is 0.745. The van der Waals surface area contributed by atoms with Crippen LogP contribution in [-0.2, 0) is 14.4 Å². The van der Waals surface area contributed by atoms with Crippen molar-refractivity contribution < 1.29 is 18.8 Å². The molecule has 1 aromatic carbocycles. The fourth-order valence-electron chi connectivity index (χ4n) is 2.99. The molecular formula is C21H25FN4O3. The molecule has 0 spiro atoms. The summed E-state index contributed by atoms with van der Waals surface area (Å²) in [5, 5.41) is 2.58. The smallest absolute Gasteiger partial charge is 0.241 e. The number of rotatable bonds is 7. The SMILES string of the molecule is CC(C)(C)C(C(N)=O)N(C(=O)CCC(=O)Nc1ccccn1)c1ccccc1F. The number of carbonyl (C=O) groups excluding carboxylic acids is 3. The van der Waals surface area contributed by atoms with Crippen molar-refractivity contribution in [2.75, 3.05) is 10.2 Å². The van der Waals surface area contributed by atoms with Gasteiger partial charge in [-0.1, -0.05) is 39.0 Å². The molecule has 154 valence electrons. The Morgan fingerprint density at radius 2 is 1.76 bits per heavy atom. The lowest BCUT2D eigenvalue weighted by molar-refractivity contribution is -0.127. The summed E-state index contributed by atoms with van der Waals surface area (Å²) >= 11 is 0. The highest BCUT2D eigenvalue weighted by atomic mass is 19.1. The highest BCUT2D eigenvalue weighted by Gasteiger charge is 2.39. The Morgan fingerprint density at radius 3 is 2.31 bits per heavy atom. The van der Waals surface area contributed by atoms with Crippen molar-refractivity contribution in [1.29, 1.82) is 0 Å². The van der Waals surface area contributed by atoms with Gasteiger partial charge in [-0.2, -0.15) is 0 Å². The number of nitrogens with zero attached hydrogens (tertiary/aromatic N) is 2. The van der Waals surface area contributed by atoms with E-state index in [1.54, 1.807) is 45.0 Å². The third-order valence-electron chi connectivity index (χ3n) is 4.23. The molecule has 1 atom stereocenters. The van der Waals surface area contributed by atoms with E-state index in [0.29, 0.717) is 5.82 Å². The van der Waals surface area contributed by atoms with E-state index in [2.05, 4.69) is 10.3 Å². The number of aromatic nitrogens is 1. The van der Waals surface area contributed by atoms with Gasteiger partial charge in [0.15, 0.2) is 0 Å². The van der Waals surface area contributed by atoms with E-state index in [1.807, 2.05) is 0 Å². The first-order valence-corrected chi connectivity index (χ1v) is 9.18. The van der Waals surface area contributed by atoms with Crippen LogP contribution in [-0.4, -0.2) is 28.7 Å². The molecule has 0 saturated heterocycles. The Balaban J connectivity index is 2.24. The molecule has 1 heterocycles. The molecule has 7 nitrogen and oxygen atoms in total. The number of nitrogens with two attached hydrogens (primary N) is 1. The lowest BCUT2D eigenvalue weighted by Crippen LogP contribution is -2.55. The van der Waals surface area contributed by atoms with Gasteiger partial charge in [0.2, 0.25) is 17.7 Å². The van der Waals surface area contributed by atoms with Gasteiger partial charge in [0.1, 0.15) is 17.7 Å². The summed E-state index contributed by atoms with van der Waals surface area (Å²) in [6, 6.07) is 9.61. The first-order valence-electron chi connectivity index (χ1n) is 9.18. The van der Waals surface area contributed by atoms with Crippen LogP contribution < -0.4 is 16.0 Å². The monoisotopic (exact) mass is 400 g/mol. The number of para-hydroxylation sites is 1. The van der Waals surface area contributed by atoms with Crippen molar-refractivity contribution in [2.45, 2.75) is 39.7 Å². The number of nitrogens with one attached hydrogen (secondary N) is 1. The van der Waals surface area contributed by atoms with E-state index in [4.69, 9.17) is 5.73 Å². The molecule has 8 heteroatoms. The first-order chi connectivity index (χ1) is 13.6. The van der Waals surface area contributed by atoms with Crippen LogP contribution in [0.2, 0.25) is 0 Å². The Hall–Kier alpha value is -3.29. The molecule has 29 heavy (non-hydrogen) atoms. The van der Waals surface area contributed by atoms with Crippen molar-refractivity contribution in [3.05, 3.63) is 54.5 Å². The number of primary amides is 1. The van der Waals surface area contributed by atoms with Crippen LogP contribution in [0.5, 0.6) is 0 Å². The van der Waals surface area contributed by atoms with Gasteiger partial charge >= 0.3 is 0 Å². The first kappa shape index (κ1) is 22.0. The number of halogens is 1. The predicted octanol–water partition coefficient (Wildman–Crippen LogP) is 2.87. The van der Waals surface area contributed by atoms with Crippen LogP contribution in [0.25, 0.3) is 0 Å². The highest BCUT2D eigenvalue weighted by Crippen LogP contribution is 2.31. The highest BCUT2D eigenvalue weighted by molar-refractivity contribution is 6.02. The number of carbonyl (C=O) groups is 3. The maximum absolute atomic E-state index is 14.5. The largest absolute Gasteiger partial charge is 0.368 e. The summed E-state index contributed by atoms with van der Waals surface area (Å²) in [7, 11) is 0. The third kappa shape index (κ3) is 5.84. The predicted molar refractivity (Wildman–Crippen MR) is 108 cm³/mol. The zero-order chi connectivity index (χ0) is 21.6. The zero-order valence-corrected chi connectivity index (χ0v) is 16.7. The van der Waals surface area contributed by atoms with Crippen molar-refractivity contribution >= 4 is 29.2 Å². The van der Waals surface area contributed by atoms with Gasteiger partial charge in [-0.3, -0.25) is 19.3 Å². The Labute approximate surface area is 169 Å². The van der Waals surface area contributed by atoms with Crippen molar-refractivity contribution in [2.24, 2.45) is 11.1 Å². The normalized spacial score (nSPS) is 12.1. The molecule has 2 aromatic rings. The second-order valence-electron chi connectivity index (χ2n) is 7.65. The third-order valence-corrected chi connectivity index (χ3v) is 4.23. The summed E-state index contributed by atoms with van der Waals surface area (Å²) in [4.78, 5) is 42.4. The van der Waals surface area contributed by atoms with Crippen molar-refractivity contribution in [3.8, 4) is 0 Å². The summed E-state index contributed by atoms with van der Waals surface area (Å²) in [6.07, 6.45) is 1.14. The topological polar surface area (TPSA) is 105 Å². The van der Waals surface area contributed by atoms with E-state index >= 15 is 0 Å². The average molecular weight is 400 g/mol. The van der Waals surface area contributed by atoms with Crippen LogP contribution >= 0.6 is 0 Å². The molecule has 0 bridgehead atoms. The lowest BCUT2D eigenvalue weighted by Gasteiger charge is -2.38. The van der Waals surface area contributed by atoms with Gasteiger partial charge in [-0.05, 0) is 29.7 Å². The Morgan fingerprint density at radius 1 is 1.10 bits per heavy atom. The van der Waals surface area contributed by atoms with E-state index < -0.39 is 35.0 Å². The van der Waals surface area contributed by atoms with E-state index in [0.717, 1.165) is 4.90 Å². The van der Waals surface area contributed by atoms with Gasteiger partial charge in [0.05, 0.1) is 5.69 Å². The fraction of sp³-hybridized carbons (Fsp3) is 0.333. The van der Waals surface area contributed by atoms with Crippen LogP contribution in [0.3, 0.4) is 0 Å². The van der Waals surface area contributed by atoms with Crippen LogP contribution in [0.4, 0.5) is 15.9 Å². The fourth-order valence-corrected chi connectivity index (χ4v) is 2.99. The molecule has 2 rings (SSSR count). The molecule has 0 aliphatic heterocycles. The number of benzene rings is 1. The molecule has 0 saturated carbocycles. The van der Waals surface area contributed by atoms with Crippen LogP contribution in [0, 0.1) is 11.2 Å². The molecular weight excluding hydrogens is 375 g/mol. The second-order valence-corrected chi connectivity index (χ2v) is 7.65. The lowest BCUT2D eigenvalue weighted by atomic mass is 9.84. The van der Waals surface area contributed by atoms with E-state index in [9.17, 15) is 18.8 Å². The molecule has 0 fully saturated rings. The van der Waals surface area contributed by atoms with Gasteiger partial charge in [-0.15, -0.1) is 0 Å². The number of hydrogen-bond donors (Lipinski definition) is 2. The van der Waals surface area contributed by atoms with Gasteiger partial charge in [-0.25, -0.2) is 9.37 Å². The minimum absolute atomic E-state index is 0.0543. The van der Waals surface area contributed by atoms with Crippen molar-refractivity contribution in [3.63, 3.8) is 0 Å². The molecule has 0 radical (unpaired) electrons. The van der Waals surface area contributed by atoms with Gasteiger partial charge < -0.3 is 11.1 Å². The Bertz CT molecular complexity index is 881. The molecule has 1 aromatic heterocycles. The molecule has 3 amide bonds. The second kappa shape index (κ2) is 9.27. The minimum Gasteiger partial charge on any atom is -0.368 e. The van der Waals surface area contributed by atoms with Crippen molar-refractivity contribution in [1.82, 2.24) is 4.98 Å². The number of anilines is 2. The Kier molecular flexibility index (Phi) is 7.03. The summed E-state index contributed by atoms with van der Waals surface area (Å²) in [5.74, 6) is -2.05. The number of pyridine rings is 1. The van der Waals surface area contributed by atoms with E-state index in [1.165, 1.54) is 24.4 Å². The maximum Gasteiger partial charge on any atom is 0.241 e. The minimum atomic E-state index is -1.09. The molecule has 3 N–H and O–H groups in total. The van der Waals surface area contributed by atoms with Gasteiger partial charge in [0, 0.05) is 19.0 Å². The average Bonchev–Trinajstić information content (AvgIpc) is 2.64. The molecule has 1 unspecified atom stereocenters. The van der Waals surface area contributed by atoms with Crippen LogP contribution in [0.15, 0.2) is 48.7 Å². The molecule has 0 aliphatic rings. The molecule has 0 aliphatic carbocycles. The maximum atomic E-state index is 14.5. The van der Waals surface area contributed by atoms with Crippen LogP contribution in [0.1, 0.15) is 33.6 Å². The zero-order valence-electron chi connectivity index (χ0n) is 16.7. The van der Waals surface area contributed by atoms with E-state index in [-0.39, 0.29) is 18.5 Å². The summed E-state index contributed by atoms with van der Waals surface area (Å²) in [5.41, 5.74) is 4.76. The summed E-state index contributed by atoms with van der Waals surface area (Å²) in [6.45, 7) is 5.20. The summed E-state index contributed by atoms with van der Waals surface area (Å²) < 4.78 is 14.5. The number of hydrogen-bond acceptors (Lipinski definition) is 4. The number of amides is 3.